The Hall–Kier alpha value is -2.15. The summed E-state index contributed by atoms with van der Waals surface area (Å²) in [5.41, 5.74) is 0.122. The monoisotopic (exact) mass is 421 g/mol. The number of alkyl halides is 3. The molecule has 1 aromatic carbocycles. The Morgan fingerprint density at radius 3 is 2.50 bits per heavy atom. The first-order chi connectivity index (χ1) is 14.3. The number of benzene rings is 1. The summed E-state index contributed by atoms with van der Waals surface area (Å²) >= 11 is 0. The summed E-state index contributed by atoms with van der Waals surface area (Å²) in [6.07, 6.45) is 0.374. The summed E-state index contributed by atoms with van der Waals surface area (Å²) in [7, 11) is 0. The van der Waals surface area contributed by atoms with Gasteiger partial charge in [0.05, 0.1) is 17.6 Å². The average molecular weight is 422 g/mol. The molecule has 0 saturated carbocycles. The van der Waals surface area contributed by atoms with Gasteiger partial charge in [-0.1, -0.05) is 13.8 Å². The van der Waals surface area contributed by atoms with Gasteiger partial charge in [-0.25, -0.2) is 0 Å². The van der Waals surface area contributed by atoms with Crippen molar-refractivity contribution in [2.24, 2.45) is 5.92 Å². The van der Waals surface area contributed by atoms with Gasteiger partial charge in [-0.15, -0.1) is 0 Å². The molecule has 30 heavy (non-hydrogen) atoms. The first-order valence-electron chi connectivity index (χ1n) is 10.8. The van der Waals surface area contributed by atoms with Crippen LogP contribution in [0.15, 0.2) is 30.5 Å². The normalized spacial score (nSPS) is 15.9. The smallest absolute Gasteiger partial charge is 0.371 e. The van der Waals surface area contributed by atoms with Crippen molar-refractivity contribution >= 4 is 22.4 Å². The highest BCUT2D eigenvalue weighted by atomic mass is 19.4. The minimum Gasteiger partial charge on any atom is -0.371 e. The zero-order valence-corrected chi connectivity index (χ0v) is 17.7. The van der Waals surface area contributed by atoms with Crippen LogP contribution in [0.25, 0.3) is 10.9 Å². The van der Waals surface area contributed by atoms with Crippen LogP contribution in [0.4, 0.5) is 18.9 Å². The maximum Gasteiger partial charge on any atom is 0.418 e. The third kappa shape index (κ3) is 5.31. The molecule has 1 aliphatic heterocycles. The summed E-state index contributed by atoms with van der Waals surface area (Å²) in [6.45, 7) is 7.98. The van der Waals surface area contributed by atoms with Crippen LogP contribution >= 0.6 is 0 Å². The quantitative estimate of drug-likeness (QED) is 0.590. The van der Waals surface area contributed by atoms with Crippen LogP contribution in [0.3, 0.4) is 0 Å². The number of ketones is 1. The Kier molecular flexibility index (Phi) is 7.34. The van der Waals surface area contributed by atoms with Gasteiger partial charge in [0.2, 0.25) is 0 Å². The van der Waals surface area contributed by atoms with Crippen molar-refractivity contribution < 1.29 is 18.0 Å². The standard InChI is InChI=1S/C23H30F3N3O/c1-3-28(4-2)16-18(30)8-7-17-11-14-29(15-12-17)21-10-9-20(23(24,25)26)22-19(21)6-5-13-27-22/h5-6,9-10,13,17H,3-4,7-8,11-12,14-16H2,1-2H3. The van der Waals surface area contributed by atoms with E-state index in [1.165, 1.54) is 6.20 Å². The zero-order valence-electron chi connectivity index (χ0n) is 17.7. The number of anilines is 1. The lowest BCUT2D eigenvalue weighted by atomic mass is 9.90. The lowest BCUT2D eigenvalue weighted by molar-refractivity contribution is -0.136. The van der Waals surface area contributed by atoms with E-state index in [1.807, 2.05) is 0 Å². The van der Waals surface area contributed by atoms with Gasteiger partial charge in [-0.2, -0.15) is 13.2 Å². The highest BCUT2D eigenvalue weighted by molar-refractivity contribution is 5.94. The second-order valence-electron chi connectivity index (χ2n) is 8.00. The van der Waals surface area contributed by atoms with Crippen molar-refractivity contribution in [2.75, 3.05) is 37.6 Å². The molecule has 0 N–H and O–H groups in total. The molecule has 2 heterocycles. The van der Waals surface area contributed by atoms with Crippen LogP contribution in [-0.2, 0) is 11.0 Å². The number of rotatable bonds is 8. The minimum absolute atomic E-state index is 0.00613. The minimum atomic E-state index is -4.42. The lowest BCUT2D eigenvalue weighted by Crippen LogP contribution is -2.34. The molecule has 1 fully saturated rings. The number of aromatic nitrogens is 1. The van der Waals surface area contributed by atoms with E-state index in [2.05, 4.69) is 28.6 Å². The Bertz CT molecular complexity index is 856. The van der Waals surface area contributed by atoms with Crippen molar-refractivity contribution in [3.8, 4) is 0 Å². The molecule has 1 aliphatic rings. The largest absolute Gasteiger partial charge is 0.418 e. The molecule has 2 aromatic rings. The van der Waals surface area contributed by atoms with Gasteiger partial charge >= 0.3 is 6.18 Å². The van der Waals surface area contributed by atoms with Gasteiger partial charge < -0.3 is 4.90 Å². The van der Waals surface area contributed by atoms with Crippen LogP contribution < -0.4 is 4.90 Å². The molecule has 0 radical (unpaired) electrons. The van der Waals surface area contributed by atoms with E-state index in [0.717, 1.165) is 57.2 Å². The Labute approximate surface area is 176 Å². The highest BCUT2D eigenvalue weighted by Gasteiger charge is 2.34. The van der Waals surface area contributed by atoms with Gasteiger partial charge in [-0.05, 0) is 62.5 Å². The summed E-state index contributed by atoms with van der Waals surface area (Å²) in [6, 6.07) is 6.11. The lowest BCUT2D eigenvalue weighted by Gasteiger charge is -2.34. The number of hydrogen-bond donors (Lipinski definition) is 0. The first-order valence-corrected chi connectivity index (χ1v) is 10.8. The van der Waals surface area contributed by atoms with E-state index in [-0.39, 0.29) is 5.52 Å². The van der Waals surface area contributed by atoms with E-state index >= 15 is 0 Å². The Morgan fingerprint density at radius 1 is 1.17 bits per heavy atom. The summed E-state index contributed by atoms with van der Waals surface area (Å²) in [5.74, 6) is 0.779. The molecule has 1 saturated heterocycles. The van der Waals surface area contributed by atoms with Crippen LogP contribution in [0.1, 0.15) is 45.1 Å². The number of hydrogen-bond acceptors (Lipinski definition) is 4. The van der Waals surface area contributed by atoms with Crippen molar-refractivity contribution in [1.82, 2.24) is 9.88 Å². The van der Waals surface area contributed by atoms with Crippen molar-refractivity contribution in [3.63, 3.8) is 0 Å². The molecule has 0 atom stereocenters. The SMILES string of the molecule is CCN(CC)CC(=O)CCC1CCN(c2ccc(C(F)(F)F)c3ncccc23)CC1. The van der Waals surface area contributed by atoms with E-state index in [0.29, 0.717) is 30.1 Å². The Balaban J connectivity index is 1.62. The molecule has 7 heteroatoms. The summed E-state index contributed by atoms with van der Waals surface area (Å²) in [4.78, 5) is 20.5. The molecular formula is C23H30F3N3O. The van der Waals surface area contributed by atoms with Crippen LogP contribution in [0.5, 0.6) is 0 Å². The van der Waals surface area contributed by atoms with Gasteiger partial charge in [0, 0.05) is 36.8 Å². The summed E-state index contributed by atoms with van der Waals surface area (Å²) < 4.78 is 40.0. The van der Waals surface area contributed by atoms with Gasteiger partial charge in [0.1, 0.15) is 5.78 Å². The van der Waals surface area contributed by atoms with Crippen LogP contribution in [0.2, 0.25) is 0 Å². The fourth-order valence-corrected chi connectivity index (χ4v) is 4.27. The molecule has 0 amide bonds. The average Bonchev–Trinajstić information content (AvgIpc) is 2.75. The fourth-order valence-electron chi connectivity index (χ4n) is 4.27. The van der Waals surface area contributed by atoms with Crippen molar-refractivity contribution in [1.29, 1.82) is 0 Å². The number of likely N-dealkylation sites (N-methyl/N-ethyl adjacent to an activating group) is 1. The highest BCUT2D eigenvalue weighted by Crippen LogP contribution is 2.38. The van der Waals surface area contributed by atoms with Crippen molar-refractivity contribution in [3.05, 3.63) is 36.0 Å². The number of nitrogens with zero attached hydrogens (tertiary/aromatic N) is 3. The van der Waals surface area contributed by atoms with E-state index in [4.69, 9.17) is 0 Å². The third-order valence-electron chi connectivity index (χ3n) is 6.13. The summed E-state index contributed by atoms with van der Waals surface area (Å²) in [5, 5.41) is 0.542. The second-order valence-corrected chi connectivity index (χ2v) is 8.00. The third-order valence-corrected chi connectivity index (χ3v) is 6.13. The van der Waals surface area contributed by atoms with Crippen LogP contribution in [0, 0.1) is 5.92 Å². The van der Waals surface area contributed by atoms with E-state index in [1.54, 1.807) is 18.2 Å². The van der Waals surface area contributed by atoms with Crippen molar-refractivity contribution in [2.45, 2.75) is 45.7 Å². The van der Waals surface area contributed by atoms with Gasteiger partial charge in [0.15, 0.2) is 0 Å². The van der Waals surface area contributed by atoms with Gasteiger partial charge in [0.25, 0.3) is 0 Å². The fraction of sp³-hybridized carbons (Fsp3) is 0.565. The number of carbonyl (C=O) groups excluding carboxylic acids is 1. The molecule has 0 aliphatic carbocycles. The van der Waals surface area contributed by atoms with E-state index < -0.39 is 11.7 Å². The molecule has 164 valence electrons. The number of piperidine rings is 1. The predicted molar refractivity (Wildman–Crippen MR) is 114 cm³/mol. The molecule has 3 rings (SSSR count). The number of Topliss-reactive ketones (excluding diaryl/α,β-unsaturated/α-hetero) is 1. The topological polar surface area (TPSA) is 36.4 Å². The molecule has 0 unspecified atom stereocenters. The zero-order chi connectivity index (χ0) is 21.7. The molecular weight excluding hydrogens is 391 g/mol. The number of carbonyl (C=O) groups is 1. The van der Waals surface area contributed by atoms with Gasteiger partial charge in [-0.3, -0.25) is 14.7 Å². The maximum absolute atomic E-state index is 13.3. The molecule has 4 nitrogen and oxygen atoms in total. The molecule has 0 bridgehead atoms. The Morgan fingerprint density at radius 2 is 1.87 bits per heavy atom. The number of fused-ring (bicyclic) bond motifs is 1. The predicted octanol–water partition coefficient (Wildman–Crippen LogP) is 5.16. The number of pyridine rings is 1. The number of halogens is 3. The maximum atomic E-state index is 13.3. The van der Waals surface area contributed by atoms with E-state index in [9.17, 15) is 18.0 Å². The van der Waals surface area contributed by atoms with Crippen LogP contribution in [-0.4, -0.2) is 48.4 Å². The molecule has 0 spiro atoms. The second kappa shape index (κ2) is 9.77. The first kappa shape index (κ1) is 22.5. The molecule has 1 aromatic heterocycles.